The van der Waals surface area contributed by atoms with E-state index in [2.05, 4.69) is 14.9 Å². The molecule has 1 saturated heterocycles. The molecule has 3 aromatic rings. The molecule has 0 aliphatic carbocycles. The molecule has 0 amide bonds. The lowest BCUT2D eigenvalue weighted by Crippen LogP contribution is -2.24. The maximum absolute atomic E-state index is 12.3. The first-order valence-electron chi connectivity index (χ1n) is 9.11. The number of hydrogen-bond acceptors (Lipinski definition) is 8. The van der Waals surface area contributed by atoms with Crippen molar-refractivity contribution in [2.75, 3.05) is 6.54 Å². The number of aliphatic hydroxyl groups excluding tert-OH is 2. The molecule has 2 atom stereocenters. The third-order valence-corrected chi connectivity index (χ3v) is 4.69. The summed E-state index contributed by atoms with van der Waals surface area (Å²) in [5, 5.41) is 23.1. The standard InChI is InChI=1S/C19H18F3N3O5/c20-19(21,22)29-13-3-1-11(2-4-13)17-23-18(30-24-17)16-7-12(27)8-25(16)9-14-5-6-15(10-26)28-14/h1-6,12,16,26-27H,7-10H2/t12-,16+/m1/s1. The lowest BCUT2D eigenvalue weighted by atomic mass is 10.2. The Hall–Kier alpha value is -2.89. The van der Waals surface area contributed by atoms with E-state index >= 15 is 0 Å². The van der Waals surface area contributed by atoms with Crippen molar-refractivity contribution in [1.82, 2.24) is 15.0 Å². The minimum Gasteiger partial charge on any atom is -0.462 e. The van der Waals surface area contributed by atoms with Crippen LogP contribution in [0.1, 0.15) is 29.9 Å². The quantitative estimate of drug-likeness (QED) is 0.621. The minimum atomic E-state index is -4.76. The Kier molecular flexibility index (Phi) is 5.50. The first-order chi connectivity index (χ1) is 14.3. The van der Waals surface area contributed by atoms with Gasteiger partial charge in [0.1, 0.15) is 23.9 Å². The van der Waals surface area contributed by atoms with Gasteiger partial charge in [-0.2, -0.15) is 4.98 Å². The van der Waals surface area contributed by atoms with Gasteiger partial charge >= 0.3 is 6.36 Å². The van der Waals surface area contributed by atoms with Gasteiger partial charge < -0.3 is 23.9 Å². The lowest BCUT2D eigenvalue weighted by molar-refractivity contribution is -0.274. The molecule has 0 unspecified atom stereocenters. The highest BCUT2D eigenvalue weighted by Gasteiger charge is 2.36. The van der Waals surface area contributed by atoms with Gasteiger partial charge in [0, 0.05) is 12.1 Å². The van der Waals surface area contributed by atoms with E-state index in [-0.39, 0.29) is 30.1 Å². The molecule has 0 saturated carbocycles. The van der Waals surface area contributed by atoms with E-state index in [0.29, 0.717) is 36.6 Å². The smallest absolute Gasteiger partial charge is 0.462 e. The van der Waals surface area contributed by atoms with Crippen LogP contribution in [0.4, 0.5) is 13.2 Å². The number of hydrogen-bond donors (Lipinski definition) is 2. The summed E-state index contributed by atoms with van der Waals surface area (Å²) in [5.74, 6) is 1.22. The van der Waals surface area contributed by atoms with Gasteiger partial charge in [0.2, 0.25) is 11.7 Å². The first-order valence-corrected chi connectivity index (χ1v) is 9.11. The van der Waals surface area contributed by atoms with Crippen LogP contribution in [-0.4, -0.2) is 44.3 Å². The SMILES string of the molecule is OCc1ccc(CN2C[C@H](O)C[C@H]2c2nc(-c3ccc(OC(F)(F)F)cc3)no2)o1. The monoisotopic (exact) mass is 425 g/mol. The normalized spacial score (nSPS) is 20.0. The minimum absolute atomic E-state index is 0.203. The fourth-order valence-electron chi connectivity index (χ4n) is 3.40. The van der Waals surface area contributed by atoms with E-state index < -0.39 is 12.5 Å². The van der Waals surface area contributed by atoms with Crippen molar-refractivity contribution < 1.29 is 37.1 Å². The third-order valence-electron chi connectivity index (χ3n) is 4.69. The van der Waals surface area contributed by atoms with Crippen molar-refractivity contribution >= 4 is 0 Å². The van der Waals surface area contributed by atoms with Gasteiger partial charge in [-0.15, -0.1) is 13.2 Å². The predicted molar refractivity (Wildman–Crippen MR) is 94.8 cm³/mol. The molecule has 0 bridgehead atoms. The molecule has 2 aromatic heterocycles. The van der Waals surface area contributed by atoms with Gasteiger partial charge in [-0.3, -0.25) is 4.90 Å². The van der Waals surface area contributed by atoms with Crippen molar-refractivity contribution in [3.8, 4) is 17.1 Å². The largest absolute Gasteiger partial charge is 0.573 e. The van der Waals surface area contributed by atoms with Crippen LogP contribution in [0.5, 0.6) is 5.75 Å². The zero-order chi connectivity index (χ0) is 21.3. The maximum Gasteiger partial charge on any atom is 0.573 e. The Morgan fingerprint density at radius 3 is 2.53 bits per heavy atom. The molecule has 4 rings (SSSR count). The van der Waals surface area contributed by atoms with E-state index in [0.717, 1.165) is 0 Å². The molecule has 1 aromatic carbocycles. The molecule has 1 aliphatic rings. The molecule has 2 N–H and O–H groups in total. The molecule has 1 fully saturated rings. The maximum atomic E-state index is 12.3. The van der Waals surface area contributed by atoms with Crippen molar-refractivity contribution in [3.63, 3.8) is 0 Å². The number of rotatable bonds is 6. The van der Waals surface area contributed by atoms with E-state index in [4.69, 9.17) is 14.0 Å². The Morgan fingerprint density at radius 1 is 1.13 bits per heavy atom. The number of ether oxygens (including phenoxy) is 1. The van der Waals surface area contributed by atoms with Crippen LogP contribution in [0.25, 0.3) is 11.4 Å². The number of halogens is 3. The number of aromatic nitrogens is 2. The Morgan fingerprint density at radius 2 is 1.87 bits per heavy atom. The van der Waals surface area contributed by atoms with Crippen molar-refractivity contribution in [2.24, 2.45) is 0 Å². The van der Waals surface area contributed by atoms with Crippen molar-refractivity contribution in [1.29, 1.82) is 0 Å². The zero-order valence-corrected chi connectivity index (χ0v) is 15.5. The van der Waals surface area contributed by atoms with Crippen LogP contribution >= 0.6 is 0 Å². The molecule has 3 heterocycles. The van der Waals surface area contributed by atoms with Crippen LogP contribution in [0.2, 0.25) is 0 Å². The molecule has 0 radical (unpaired) electrons. The van der Waals surface area contributed by atoms with Crippen molar-refractivity contribution in [2.45, 2.75) is 38.1 Å². The van der Waals surface area contributed by atoms with Crippen LogP contribution in [0, 0.1) is 0 Å². The molecule has 30 heavy (non-hydrogen) atoms. The highest BCUT2D eigenvalue weighted by atomic mass is 19.4. The third kappa shape index (κ3) is 4.64. The number of likely N-dealkylation sites (tertiary alicyclic amines) is 1. The fraction of sp³-hybridized carbons (Fsp3) is 0.368. The first kappa shape index (κ1) is 20.4. The van der Waals surface area contributed by atoms with Crippen LogP contribution in [0.3, 0.4) is 0 Å². The topological polar surface area (TPSA) is 105 Å². The summed E-state index contributed by atoms with van der Waals surface area (Å²) in [7, 11) is 0. The Bertz CT molecular complexity index is 986. The van der Waals surface area contributed by atoms with Crippen LogP contribution in [0.15, 0.2) is 45.3 Å². The zero-order valence-electron chi connectivity index (χ0n) is 15.5. The fourth-order valence-corrected chi connectivity index (χ4v) is 3.40. The Labute approximate surface area is 168 Å². The second-order valence-corrected chi connectivity index (χ2v) is 6.89. The second kappa shape index (κ2) is 8.09. The highest BCUT2D eigenvalue weighted by molar-refractivity contribution is 5.55. The summed E-state index contributed by atoms with van der Waals surface area (Å²) in [6.07, 6.45) is -4.97. The van der Waals surface area contributed by atoms with E-state index in [1.807, 2.05) is 4.90 Å². The van der Waals surface area contributed by atoms with Gasteiger partial charge in [0.25, 0.3) is 0 Å². The molecular weight excluding hydrogens is 407 g/mol. The van der Waals surface area contributed by atoms with Gasteiger partial charge in [-0.1, -0.05) is 5.16 Å². The molecular formula is C19H18F3N3O5. The number of nitrogens with zero attached hydrogens (tertiary/aromatic N) is 3. The van der Waals surface area contributed by atoms with Gasteiger partial charge in [0.05, 0.1) is 18.7 Å². The summed E-state index contributed by atoms with van der Waals surface area (Å²) >= 11 is 0. The summed E-state index contributed by atoms with van der Waals surface area (Å²) in [4.78, 5) is 6.27. The number of benzene rings is 1. The number of furan rings is 1. The number of β-amino-alcohol motifs (C(OH)–C–C–N with tert-alkyl or cyclic N) is 1. The number of alkyl halides is 3. The average molecular weight is 425 g/mol. The van der Waals surface area contributed by atoms with Gasteiger partial charge in [0.15, 0.2) is 0 Å². The molecule has 11 heteroatoms. The van der Waals surface area contributed by atoms with Crippen molar-refractivity contribution in [3.05, 3.63) is 53.8 Å². The van der Waals surface area contributed by atoms with Gasteiger partial charge in [-0.05, 0) is 42.8 Å². The molecule has 0 spiro atoms. The van der Waals surface area contributed by atoms with Crippen LogP contribution < -0.4 is 4.74 Å². The molecule has 8 nitrogen and oxygen atoms in total. The van der Waals surface area contributed by atoms with E-state index in [1.165, 1.54) is 24.3 Å². The Balaban J connectivity index is 1.49. The molecule has 160 valence electrons. The number of aliphatic hydroxyl groups is 2. The summed E-state index contributed by atoms with van der Waals surface area (Å²) in [6.45, 7) is 0.551. The van der Waals surface area contributed by atoms with E-state index in [1.54, 1.807) is 12.1 Å². The van der Waals surface area contributed by atoms with Gasteiger partial charge in [-0.25, -0.2) is 0 Å². The predicted octanol–water partition coefficient (Wildman–Crippen LogP) is 3.03. The highest BCUT2D eigenvalue weighted by Crippen LogP contribution is 2.34. The lowest BCUT2D eigenvalue weighted by Gasteiger charge is -2.19. The molecule has 1 aliphatic heterocycles. The second-order valence-electron chi connectivity index (χ2n) is 6.89. The summed E-state index contributed by atoms with van der Waals surface area (Å²) < 4.78 is 51.6. The van der Waals surface area contributed by atoms with E-state index in [9.17, 15) is 18.3 Å². The summed E-state index contributed by atoms with van der Waals surface area (Å²) in [6, 6.07) is 8.20. The van der Waals surface area contributed by atoms with Crippen LogP contribution in [-0.2, 0) is 13.2 Å². The summed E-state index contributed by atoms with van der Waals surface area (Å²) in [5.41, 5.74) is 0.461. The average Bonchev–Trinajstić information content (AvgIpc) is 3.41.